The van der Waals surface area contributed by atoms with Crippen LogP contribution in [0.5, 0.6) is 11.5 Å². The molecule has 0 saturated heterocycles. The Kier molecular flexibility index (Phi) is 4.39. The summed E-state index contributed by atoms with van der Waals surface area (Å²) in [4.78, 5) is 0. The van der Waals surface area contributed by atoms with Crippen LogP contribution in [0.2, 0.25) is 0 Å². The molecule has 0 amide bonds. The minimum atomic E-state index is -0.566. The molecule has 0 saturated carbocycles. The van der Waals surface area contributed by atoms with Crippen molar-refractivity contribution in [3.05, 3.63) is 57.8 Å². The maximum Gasteiger partial charge on any atom is 0.180 e. The molecule has 0 spiro atoms. The van der Waals surface area contributed by atoms with E-state index in [1.807, 2.05) is 25.1 Å². The van der Waals surface area contributed by atoms with Crippen LogP contribution in [0.3, 0.4) is 0 Å². The van der Waals surface area contributed by atoms with Crippen LogP contribution in [0, 0.1) is 11.2 Å². The lowest BCUT2D eigenvalue weighted by Gasteiger charge is -2.12. The summed E-state index contributed by atoms with van der Waals surface area (Å²) in [6.45, 7) is 2.01. The van der Waals surface area contributed by atoms with E-state index in [0.29, 0.717) is 11.3 Å². The molecule has 2 rings (SSSR count). The second-order valence-corrected chi connectivity index (χ2v) is 5.01. The first kappa shape index (κ1) is 14.5. The SMILES string of the molecule is CCc1ccccc1Oc1ccc(C(=N)N)c(Br)c1F. The van der Waals surface area contributed by atoms with Crippen LogP contribution >= 0.6 is 15.9 Å². The smallest absolute Gasteiger partial charge is 0.180 e. The number of benzene rings is 2. The average molecular weight is 337 g/mol. The molecule has 0 unspecified atom stereocenters. The van der Waals surface area contributed by atoms with E-state index in [-0.39, 0.29) is 16.1 Å². The van der Waals surface area contributed by atoms with Crippen molar-refractivity contribution in [2.75, 3.05) is 0 Å². The van der Waals surface area contributed by atoms with Crippen molar-refractivity contribution in [1.29, 1.82) is 5.41 Å². The third-order valence-electron chi connectivity index (χ3n) is 2.91. The Morgan fingerprint density at radius 2 is 1.95 bits per heavy atom. The summed E-state index contributed by atoms with van der Waals surface area (Å²) in [5.41, 5.74) is 6.68. The van der Waals surface area contributed by atoms with Crippen LogP contribution in [-0.2, 0) is 6.42 Å². The Labute approximate surface area is 125 Å². The highest BCUT2D eigenvalue weighted by Gasteiger charge is 2.15. The third-order valence-corrected chi connectivity index (χ3v) is 3.69. The van der Waals surface area contributed by atoms with Gasteiger partial charge in [0.2, 0.25) is 0 Å². The largest absolute Gasteiger partial charge is 0.454 e. The molecule has 5 heteroatoms. The molecule has 2 aromatic rings. The molecule has 0 heterocycles. The molecule has 0 fully saturated rings. The van der Waals surface area contributed by atoms with Gasteiger partial charge in [0.1, 0.15) is 11.6 Å². The van der Waals surface area contributed by atoms with E-state index in [1.165, 1.54) is 6.07 Å². The molecule has 0 aliphatic carbocycles. The summed E-state index contributed by atoms with van der Waals surface area (Å²) < 4.78 is 20.0. The topological polar surface area (TPSA) is 59.1 Å². The molecular formula is C15H14BrFN2O. The molecule has 3 N–H and O–H groups in total. The van der Waals surface area contributed by atoms with Gasteiger partial charge in [-0.05, 0) is 46.1 Å². The van der Waals surface area contributed by atoms with E-state index in [4.69, 9.17) is 15.9 Å². The van der Waals surface area contributed by atoms with Gasteiger partial charge >= 0.3 is 0 Å². The van der Waals surface area contributed by atoms with Crippen LogP contribution in [-0.4, -0.2) is 5.84 Å². The second-order valence-electron chi connectivity index (χ2n) is 4.22. The zero-order valence-corrected chi connectivity index (χ0v) is 12.5. The van der Waals surface area contributed by atoms with Gasteiger partial charge in [0.25, 0.3) is 0 Å². The molecular weight excluding hydrogens is 323 g/mol. The lowest BCUT2D eigenvalue weighted by molar-refractivity contribution is 0.436. The maximum atomic E-state index is 14.2. The second kappa shape index (κ2) is 6.05. The molecule has 0 aromatic heterocycles. The van der Waals surface area contributed by atoms with Crippen molar-refractivity contribution in [2.24, 2.45) is 5.73 Å². The van der Waals surface area contributed by atoms with Crippen LogP contribution < -0.4 is 10.5 Å². The van der Waals surface area contributed by atoms with E-state index in [9.17, 15) is 4.39 Å². The van der Waals surface area contributed by atoms with Crippen molar-refractivity contribution in [2.45, 2.75) is 13.3 Å². The Bertz CT molecular complexity index is 658. The fourth-order valence-corrected chi connectivity index (χ4v) is 2.37. The Morgan fingerprint density at radius 3 is 2.60 bits per heavy atom. The molecule has 0 aliphatic heterocycles. The molecule has 0 atom stereocenters. The number of para-hydroxylation sites is 1. The summed E-state index contributed by atoms with van der Waals surface area (Å²) in [6.07, 6.45) is 0.796. The molecule has 104 valence electrons. The van der Waals surface area contributed by atoms with Gasteiger partial charge in [0, 0.05) is 5.56 Å². The summed E-state index contributed by atoms with van der Waals surface area (Å²) in [6, 6.07) is 10.5. The maximum absolute atomic E-state index is 14.2. The number of halogens is 2. The fourth-order valence-electron chi connectivity index (χ4n) is 1.83. The fraction of sp³-hybridized carbons (Fsp3) is 0.133. The number of amidine groups is 1. The first-order valence-corrected chi connectivity index (χ1v) is 6.92. The van der Waals surface area contributed by atoms with Gasteiger partial charge in [-0.2, -0.15) is 0 Å². The normalized spacial score (nSPS) is 10.3. The number of hydrogen-bond acceptors (Lipinski definition) is 2. The minimum absolute atomic E-state index is 0.0998. The number of nitrogens with two attached hydrogens (primary N) is 1. The summed E-state index contributed by atoms with van der Waals surface area (Å²) >= 11 is 3.10. The Balaban J connectivity index is 2.40. The number of nitrogens with one attached hydrogen (secondary N) is 1. The Morgan fingerprint density at radius 1 is 1.25 bits per heavy atom. The van der Waals surface area contributed by atoms with Gasteiger partial charge in [-0.1, -0.05) is 25.1 Å². The van der Waals surface area contributed by atoms with Crippen molar-refractivity contribution in [3.8, 4) is 11.5 Å². The monoisotopic (exact) mass is 336 g/mol. The molecule has 2 aromatic carbocycles. The highest BCUT2D eigenvalue weighted by atomic mass is 79.9. The first-order chi connectivity index (χ1) is 9.54. The van der Waals surface area contributed by atoms with E-state index in [1.54, 1.807) is 12.1 Å². The average Bonchev–Trinajstić information content (AvgIpc) is 2.44. The number of ether oxygens (including phenoxy) is 1. The zero-order valence-electron chi connectivity index (χ0n) is 10.9. The summed E-state index contributed by atoms with van der Waals surface area (Å²) in [5, 5.41) is 7.37. The predicted octanol–water partition coefficient (Wildman–Crippen LogP) is 4.23. The van der Waals surface area contributed by atoms with Crippen LogP contribution in [0.4, 0.5) is 4.39 Å². The van der Waals surface area contributed by atoms with E-state index in [2.05, 4.69) is 15.9 Å². The quantitative estimate of drug-likeness (QED) is 0.648. The molecule has 3 nitrogen and oxygen atoms in total. The molecule has 0 aliphatic rings. The van der Waals surface area contributed by atoms with Crippen molar-refractivity contribution in [1.82, 2.24) is 0 Å². The molecule has 0 bridgehead atoms. The van der Waals surface area contributed by atoms with Gasteiger partial charge in [-0.15, -0.1) is 0 Å². The van der Waals surface area contributed by atoms with Crippen LogP contribution in [0.15, 0.2) is 40.9 Å². The standard InChI is InChI=1S/C15H14BrFN2O/c1-2-9-5-3-4-6-11(9)20-12-8-7-10(15(18)19)13(16)14(12)17/h3-8H,2H2,1H3,(H3,18,19). The molecule has 20 heavy (non-hydrogen) atoms. The number of nitrogen functional groups attached to an aromatic ring is 1. The van der Waals surface area contributed by atoms with Crippen LogP contribution in [0.1, 0.15) is 18.1 Å². The van der Waals surface area contributed by atoms with E-state index in [0.717, 1.165) is 12.0 Å². The lowest BCUT2D eigenvalue weighted by atomic mass is 10.1. The highest BCUT2D eigenvalue weighted by Crippen LogP contribution is 2.33. The van der Waals surface area contributed by atoms with Gasteiger partial charge in [0.15, 0.2) is 11.6 Å². The predicted molar refractivity (Wildman–Crippen MR) is 81.0 cm³/mol. The van der Waals surface area contributed by atoms with Gasteiger partial charge in [-0.25, -0.2) is 4.39 Å². The number of rotatable bonds is 4. The third kappa shape index (κ3) is 2.82. The Hall–Kier alpha value is -1.88. The van der Waals surface area contributed by atoms with E-state index < -0.39 is 5.82 Å². The van der Waals surface area contributed by atoms with Crippen molar-refractivity contribution >= 4 is 21.8 Å². The van der Waals surface area contributed by atoms with Gasteiger partial charge in [0.05, 0.1) is 4.47 Å². The van der Waals surface area contributed by atoms with Gasteiger partial charge in [-0.3, -0.25) is 5.41 Å². The number of aryl methyl sites for hydroxylation is 1. The van der Waals surface area contributed by atoms with Gasteiger partial charge < -0.3 is 10.5 Å². The summed E-state index contributed by atoms with van der Waals surface area (Å²) in [5.74, 6) is -0.0426. The highest BCUT2D eigenvalue weighted by molar-refractivity contribution is 9.10. The minimum Gasteiger partial charge on any atom is -0.454 e. The van der Waals surface area contributed by atoms with Crippen molar-refractivity contribution < 1.29 is 9.13 Å². The first-order valence-electron chi connectivity index (χ1n) is 6.12. The molecule has 0 radical (unpaired) electrons. The van der Waals surface area contributed by atoms with E-state index >= 15 is 0 Å². The summed E-state index contributed by atoms with van der Waals surface area (Å²) in [7, 11) is 0. The van der Waals surface area contributed by atoms with Crippen molar-refractivity contribution in [3.63, 3.8) is 0 Å². The van der Waals surface area contributed by atoms with Crippen LogP contribution in [0.25, 0.3) is 0 Å². The number of hydrogen-bond donors (Lipinski definition) is 2. The zero-order chi connectivity index (χ0) is 14.7. The lowest BCUT2D eigenvalue weighted by Crippen LogP contribution is -2.12.